The molecule has 2 aromatic rings. The number of benzene rings is 2. The fourth-order valence-corrected chi connectivity index (χ4v) is 2.51. The maximum absolute atomic E-state index is 10.2. The Morgan fingerprint density at radius 2 is 1.95 bits per heavy atom. The minimum atomic E-state index is -0.225. The van der Waals surface area contributed by atoms with Gasteiger partial charge in [0.2, 0.25) is 12.7 Å². The highest BCUT2D eigenvalue weighted by Crippen LogP contribution is 2.32. The monoisotopic (exact) mass is 298 g/mol. The van der Waals surface area contributed by atoms with Crippen molar-refractivity contribution in [2.75, 3.05) is 12.5 Å². The molecule has 0 saturated heterocycles. The van der Waals surface area contributed by atoms with E-state index in [1.54, 1.807) is 18.2 Å². The summed E-state index contributed by atoms with van der Waals surface area (Å²) in [6.07, 6.45) is 2.18. The van der Waals surface area contributed by atoms with E-state index in [1.165, 1.54) is 6.26 Å². The zero-order valence-corrected chi connectivity index (χ0v) is 12.0. The Kier molecular flexibility index (Phi) is 4.05. The molecular formula is C17H18N2O3. The standard InChI is InChI=1S/C17H18N2O3/c18-13-7-4-8-15(20)17(13)14(19-16-10-21-11-22-16)9-12-5-2-1-3-6-12/h1-8,10,14,19-20H,9,11,18H2. The molecule has 5 nitrogen and oxygen atoms in total. The van der Waals surface area contributed by atoms with Crippen LogP contribution in [0, 0.1) is 0 Å². The van der Waals surface area contributed by atoms with Crippen LogP contribution in [0.2, 0.25) is 0 Å². The van der Waals surface area contributed by atoms with Gasteiger partial charge in [-0.1, -0.05) is 36.4 Å². The van der Waals surface area contributed by atoms with Gasteiger partial charge in [-0.05, 0) is 24.1 Å². The van der Waals surface area contributed by atoms with Gasteiger partial charge < -0.3 is 25.6 Å². The lowest BCUT2D eigenvalue weighted by molar-refractivity contribution is 0.0725. The molecule has 3 rings (SSSR count). The van der Waals surface area contributed by atoms with Crippen molar-refractivity contribution in [2.45, 2.75) is 12.5 Å². The average molecular weight is 298 g/mol. The lowest BCUT2D eigenvalue weighted by atomic mass is 9.96. The summed E-state index contributed by atoms with van der Waals surface area (Å²) in [6.45, 7) is 0.191. The van der Waals surface area contributed by atoms with Gasteiger partial charge in [0, 0.05) is 11.3 Å². The molecule has 0 aliphatic carbocycles. The summed E-state index contributed by atoms with van der Waals surface area (Å²) in [6, 6.07) is 14.9. The predicted molar refractivity (Wildman–Crippen MR) is 83.7 cm³/mol. The molecule has 4 N–H and O–H groups in total. The Morgan fingerprint density at radius 1 is 1.14 bits per heavy atom. The zero-order chi connectivity index (χ0) is 15.4. The summed E-state index contributed by atoms with van der Waals surface area (Å²) in [5.41, 5.74) is 8.38. The molecule has 0 fully saturated rings. The van der Waals surface area contributed by atoms with Crippen molar-refractivity contribution in [3.8, 4) is 5.75 Å². The summed E-state index contributed by atoms with van der Waals surface area (Å²) in [5, 5.41) is 13.4. The van der Waals surface area contributed by atoms with Crippen LogP contribution < -0.4 is 11.1 Å². The highest BCUT2D eigenvalue weighted by molar-refractivity contribution is 5.56. The molecule has 0 amide bonds. The number of nitrogens with one attached hydrogen (secondary N) is 1. The molecule has 0 spiro atoms. The second-order valence-corrected chi connectivity index (χ2v) is 5.08. The van der Waals surface area contributed by atoms with Crippen LogP contribution in [0.5, 0.6) is 5.75 Å². The van der Waals surface area contributed by atoms with E-state index < -0.39 is 0 Å². The van der Waals surface area contributed by atoms with Crippen LogP contribution in [0.3, 0.4) is 0 Å². The van der Waals surface area contributed by atoms with Crippen molar-refractivity contribution in [1.29, 1.82) is 0 Å². The number of nitrogen functional groups attached to an aromatic ring is 1. The Morgan fingerprint density at radius 3 is 2.64 bits per heavy atom. The van der Waals surface area contributed by atoms with Crippen molar-refractivity contribution in [3.05, 3.63) is 71.8 Å². The number of anilines is 1. The van der Waals surface area contributed by atoms with Crippen LogP contribution in [0.25, 0.3) is 0 Å². The Hall–Kier alpha value is -2.82. The number of rotatable bonds is 5. The number of nitrogens with two attached hydrogens (primary N) is 1. The van der Waals surface area contributed by atoms with Gasteiger partial charge in [0.1, 0.15) is 12.0 Å². The Bertz CT molecular complexity index is 651. The van der Waals surface area contributed by atoms with Gasteiger partial charge in [0.05, 0.1) is 6.04 Å². The number of hydrogen-bond donors (Lipinski definition) is 3. The largest absolute Gasteiger partial charge is 0.508 e. The molecule has 1 heterocycles. The van der Waals surface area contributed by atoms with Crippen LogP contribution in [-0.4, -0.2) is 11.9 Å². The highest BCUT2D eigenvalue weighted by atomic mass is 16.7. The third kappa shape index (κ3) is 3.09. The van der Waals surface area contributed by atoms with Crippen molar-refractivity contribution in [3.63, 3.8) is 0 Å². The first-order valence-electron chi connectivity index (χ1n) is 7.06. The molecule has 0 saturated carbocycles. The number of phenols is 1. The first-order chi connectivity index (χ1) is 10.7. The first-order valence-corrected chi connectivity index (χ1v) is 7.06. The van der Waals surface area contributed by atoms with Gasteiger partial charge in [-0.2, -0.15) is 0 Å². The molecule has 0 bridgehead atoms. The van der Waals surface area contributed by atoms with Crippen LogP contribution in [0.1, 0.15) is 17.2 Å². The van der Waals surface area contributed by atoms with Gasteiger partial charge in [0.25, 0.3) is 0 Å². The molecule has 1 atom stereocenters. The maximum Gasteiger partial charge on any atom is 0.232 e. The SMILES string of the molecule is Nc1cccc(O)c1C(Cc1ccccc1)NC1=COCO1. The fraction of sp³-hybridized carbons (Fsp3) is 0.176. The van der Waals surface area contributed by atoms with Crippen molar-refractivity contribution >= 4 is 5.69 Å². The van der Waals surface area contributed by atoms with Gasteiger partial charge in [-0.3, -0.25) is 0 Å². The number of hydrogen-bond acceptors (Lipinski definition) is 5. The Balaban J connectivity index is 1.91. The summed E-state index contributed by atoms with van der Waals surface area (Å²) in [7, 11) is 0. The van der Waals surface area contributed by atoms with E-state index in [4.69, 9.17) is 15.2 Å². The topological polar surface area (TPSA) is 76.7 Å². The van der Waals surface area contributed by atoms with E-state index in [-0.39, 0.29) is 18.6 Å². The molecular weight excluding hydrogens is 280 g/mol. The lowest BCUT2D eigenvalue weighted by Crippen LogP contribution is -2.24. The smallest absolute Gasteiger partial charge is 0.232 e. The lowest BCUT2D eigenvalue weighted by Gasteiger charge is -2.22. The molecule has 1 unspecified atom stereocenters. The van der Waals surface area contributed by atoms with E-state index in [9.17, 15) is 5.11 Å². The minimum absolute atomic E-state index is 0.160. The third-order valence-electron chi connectivity index (χ3n) is 3.54. The molecule has 0 aromatic heterocycles. The van der Waals surface area contributed by atoms with Crippen molar-refractivity contribution < 1.29 is 14.6 Å². The van der Waals surface area contributed by atoms with E-state index >= 15 is 0 Å². The van der Waals surface area contributed by atoms with E-state index in [0.29, 0.717) is 23.6 Å². The summed E-state index contributed by atoms with van der Waals surface area (Å²) in [5.74, 6) is 0.691. The summed E-state index contributed by atoms with van der Waals surface area (Å²) in [4.78, 5) is 0. The van der Waals surface area contributed by atoms with Gasteiger partial charge >= 0.3 is 0 Å². The van der Waals surface area contributed by atoms with Crippen LogP contribution in [-0.2, 0) is 15.9 Å². The van der Waals surface area contributed by atoms with Crippen LogP contribution in [0.15, 0.2) is 60.7 Å². The van der Waals surface area contributed by atoms with Crippen molar-refractivity contribution in [2.24, 2.45) is 0 Å². The first kappa shape index (κ1) is 14.1. The van der Waals surface area contributed by atoms with Crippen molar-refractivity contribution in [1.82, 2.24) is 5.32 Å². The number of ether oxygens (including phenoxy) is 2. The van der Waals surface area contributed by atoms with E-state index in [1.807, 2.05) is 30.3 Å². The minimum Gasteiger partial charge on any atom is -0.508 e. The third-order valence-corrected chi connectivity index (χ3v) is 3.54. The average Bonchev–Trinajstić information content (AvgIpc) is 3.01. The van der Waals surface area contributed by atoms with Crippen LogP contribution in [0.4, 0.5) is 5.69 Å². The van der Waals surface area contributed by atoms with E-state index in [2.05, 4.69) is 5.32 Å². The van der Waals surface area contributed by atoms with E-state index in [0.717, 1.165) is 5.56 Å². The second-order valence-electron chi connectivity index (χ2n) is 5.08. The van der Waals surface area contributed by atoms with Gasteiger partial charge in [-0.25, -0.2) is 0 Å². The normalized spacial score (nSPS) is 14.6. The van der Waals surface area contributed by atoms with Crippen LogP contribution >= 0.6 is 0 Å². The molecule has 1 aliphatic rings. The van der Waals surface area contributed by atoms with Gasteiger partial charge in [-0.15, -0.1) is 0 Å². The molecule has 0 radical (unpaired) electrons. The number of phenolic OH excluding ortho intramolecular Hbond substituents is 1. The fourth-order valence-electron chi connectivity index (χ4n) is 2.51. The molecule has 114 valence electrons. The Labute approximate surface area is 129 Å². The maximum atomic E-state index is 10.2. The molecule has 22 heavy (non-hydrogen) atoms. The predicted octanol–water partition coefficient (Wildman–Crippen LogP) is 2.65. The second kappa shape index (κ2) is 6.30. The number of aromatic hydroxyl groups is 1. The molecule has 1 aliphatic heterocycles. The highest BCUT2D eigenvalue weighted by Gasteiger charge is 2.21. The quantitative estimate of drug-likeness (QED) is 0.740. The summed E-state index contributed by atoms with van der Waals surface area (Å²) < 4.78 is 10.4. The van der Waals surface area contributed by atoms with Gasteiger partial charge in [0.15, 0.2) is 0 Å². The summed E-state index contributed by atoms with van der Waals surface area (Å²) >= 11 is 0. The zero-order valence-electron chi connectivity index (χ0n) is 12.0. The molecule has 2 aromatic carbocycles. The molecule has 5 heteroatoms.